The Kier molecular flexibility index (Phi) is 10.6. The second-order valence-electron chi connectivity index (χ2n) is 10.3. The van der Waals surface area contributed by atoms with Gasteiger partial charge in [0.1, 0.15) is 11.4 Å². The van der Waals surface area contributed by atoms with Crippen molar-refractivity contribution in [1.82, 2.24) is 10.3 Å². The summed E-state index contributed by atoms with van der Waals surface area (Å²) in [6, 6.07) is 31.1. The third-order valence-electron chi connectivity index (χ3n) is 6.83. The molecule has 0 fully saturated rings. The van der Waals surface area contributed by atoms with Gasteiger partial charge < -0.3 is 20.7 Å². The molecule has 0 saturated carbocycles. The summed E-state index contributed by atoms with van der Waals surface area (Å²) in [6.07, 6.45) is 1.64. The number of methoxy groups -OCH3 is 1. The van der Waals surface area contributed by atoms with Crippen LogP contribution in [0, 0.1) is 6.92 Å². The smallest absolute Gasteiger partial charge is 0.272 e. The van der Waals surface area contributed by atoms with Crippen LogP contribution in [-0.4, -0.2) is 35.1 Å². The highest BCUT2D eigenvalue weighted by Crippen LogP contribution is 2.29. The first-order valence-electron chi connectivity index (χ1n) is 14.4. The van der Waals surface area contributed by atoms with E-state index in [2.05, 4.69) is 20.9 Å². The Morgan fingerprint density at radius 3 is 2.24 bits per heavy atom. The van der Waals surface area contributed by atoms with Crippen LogP contribution in [0.3, 0.4) is 0 Å². The molecular formula is C36H32N4O4S2. The molecule has 0 bridgehead atoms. The molecule has 46 heavy (non-hydrogen) atoms. The number of amides is 3. The van der Waals surface area contributed by atoms with E-state index in [0.717, 1.165) is 33.0 Å². The predicted octanol–water partition coefficient (Wildman–Crippen LogP) is 7.66. The molecule has 0 aliphatic carbocycles. The number of hydrogen-bond acceptors (Lipinski definition) is 7. The molecule has 8 nitrogen and oxygen atoms in total. The Balaban J connectivity index is 1.20. The lowest BCUT2D eigenvalue weighted by Gasteiger charge is -2.13. The summed E-state index contributed by atoms with van der Waals surface area (Å²) in [5, 5.41) is 10.5. The molecule has 5 aromatic rings. The molecule has 1 unspecified atom stereocenters. The minimum atomic E-state index is -0.463. The third kappa shape index (κ3) is 8.71. The molecule has 1 heterocycles. The first kappa shape index (κ1) is 32.2. The summed E-state index contributed by atoms with van der Waals surface area (Å²) < 4.78 is 5.21. The quantitative estimate of drug-likeness (QED) is 0.100. The maximum absolute atomic E-state index is 13.3. The van der Waals surface area contributed by atoms with Crippen molar-refractivity contribution in [2.75, 3.05) is 17.7 Å². The number of ether oxygens (including phenoxy) is 1. The van der Waals surface area contributed by atoms with Crippen molar-refractivity contribution in [2.45, 2.75) is 24.0 Å². The van der Waals surface area contributed by atoms with Crippen LogP contribution in [0.5, 0.6) is 5.75 Å². The van der Waals surface area contributed by atoms with E-state index in [0.29, 0.717) is 16.4 Å². The number of aromatic nitrogens is 1. The zero-order valence-corrected chi connectivity index (χ0v) is 27.1. The van der Waals surface area contributed by atoms with Gasteiger partial charge in [0.15, 0.2) is 5.13 Å². The molecule has 3 amide bonds. The van der Waals surface area contributed by atoms with Gasteiger partial charge in [-0.05, 0) is 86.2 Å². The molecule has 1 aromatic heterocycles. The van der Waals surface area contributed by atoms with Crippen LogP contribution in [0.25, 0.3) is 17.3 Å². The highest BCUT2D eigenvalue weighted by atomic mass is 32.2. The Labute approximate surface area is 275 Å². The van der Waals surface area contributed by atoms with Crippen LogP contribution in [0.4, 0.5) is 10.8 Å². The van der Waals surface area contributed by atoms with Crippen LogP contribution in [-0.2, 0) is 9.59 Å². The maximum atomic E-state index is 13.3. The zero-order chi connectivity index (χ0) is 32.5. The minimum absolute atomic E-state index is 0.110. The fourth-order valence-corrected chi connectivity index (χ4v) is 5.87. The molecular weight excluding hydrogens is 617 g/mol. The van der Waals surface area contributed by atoms with E-state index < -0.39 is 11.2 Å². The third-order valence-corrected chi connectivity index (χ3v) is 8.70. The fourth-order valence-electron chi connectivity index (χ4n) is 4.28. The van der Waals surface area contributed by atoms with Gasteiger partial charge in [-0.15, -0.1) is 23.1 Å². The molecule has 4 aromatic carbocycles. The van der Waals surface area contributed by atoms with Gasteiger partial charge in [-0.25, -0.2) is 4.98 Å². The second-order valence-corrected chi connectivity index (χ2v) is 12.6. The van der Waals surface area contributed by atoms with Gasteiger partial charge in [-0.1, -0.05) is 48.0 Å². The highest BCUT2D eigenvalue weighted by molar-refractivity contribution is 8.00. The van der Waals surface area contributed by atoms with Crippen LogP contribution >= 0.6 is 23.1 Å². The van der Waals surface area contributed by atoms with E-state index in [1.54, 1.807) is 49.6 Å². The number of thioether (sulfide) groups is 1. The van der Waals surface area contributed by atoms with Crippen LogP contribution in [0.15, 0.2) is 119 Å². The number of thiazole rings is 1. The topological polar surface area (TPSA) is 109 Å². The lowest BCUT2D eigenvalue weighted by atomic mass is 10.1. The van der Waals surface area contributed by atoms with Crippen molar-refractivity contribution in [3.8, 4) is 17.0 Å². The van der Waals surface area contributed by atoms with E-state index in [1.807, 2.05) is 86.0 Å². The van der Waals surface area contributed by atoms with Crippen molar-refractivity contribution in [3.63, 3.8) is 0 Å². The molecule has 232 valence electrons. The predicted molar refractivity (Wildman–Crippen MR) is 186 cm³/mol. The Hall–Kier alpha value is -5.19. The van der Waals surface area contributed by atoms with E-state index >= 15 is 0 Å². The standard InChI is InChI=1S/C36H32N4O4S2/c1-23-9-11-25(12-10-23)21-31(38-34(42)27-7-5-4-6-8-27)35(43)37-28-15-19-30(20-16-28)46-24(2)33(41)40-36-39-32(22-45-36)26-13-17-29(44-3)18-14-26/h4-22,24H,1-3H3,(H,37,43)(H,38,42)(H,39,40,41)/b31-21-. The number of nitrogens with one attached hydrogen (secondary N) is 3. The van der Waals surface area contributed by atoms with E-state index in [-0.39, 0.29) is 17.5 Å². The van der Waals surface area contributed by atoms with Crippen molar-refractivity contribution in [2.24, 2.45) is 0 Å². The molecule has 10 heteroatoms. The fraction of sp³-hybridized carbons (Fsp3) is 0.111. The van der Waals surface area contributed by atoms with Gasteiger partial charge >= 0.3 is 0 Å². The average molecular weight is 649 g/mol. The molecule has 5 rings (SSSR count). The van der Waals surface area contributed by atoms with Crippen LogP contribution in [0.2, 0.25) is 0 Å². The molecule has 0 spiro atoms. The first-order valence-corrected chi connectivity index (χ1v) is 16.2. The van der Waals surface area contributed by atoms with Gasteiger partial charge in [0.05, 0.1) is 18.1 Å². The summed E-state index contributed by atoms with van der Waals surface area (Å²) in [5.74, 6) is -0.253. The van der Waals surface area contributed by atoms with Crippen molar-refractivity contribution in [1.29, 1.82) is 0 Å². The number of aryl methyl sites for hydroxylation is 1. The molecule has 1 atom stereocenters. The zero-order valence-electron chi connectivity index (χ0n) is 25.4. The van der Waals surface area contributed by atoms with Gasteiger partial charge in [0.2, 0.25) is 5.91 Å². The second kappa shape index (κ2) is 15.2. The minimum Gasteiger partial charge on any atom is -0.497 e. The summed E-state index contributed by atoms with van der Waals surface area (Å²) in [5.41, 5.74) is 4.67. The number of rotatable bonds is 11. The Morgan fingerprint density at radius 1 is 0.870 bits per heavy atom. The van der Waals surface area contributed by atoms with Gasteiger partial charge in [0.25, 0.3) is 11.8 Å². The molecule has 3 N–H and O–H groups in total. The van der Waals surface area contributed by atoms with E-state index in [1.165, 1.54) is 23.1 Å². The van der Waals surface area contributed by atoms with Gasteiger partial charge in [0, 0.05) is 27.1 Å². The van der Waals surface area contributed by atoms with Gasteiger partial charge in [-0.2, -0.15) is 0 Å². The van der Waals surface area contributed by atoms with Crippen LogP contribution in [0.1, 0.15) is 28.4 Å². The summed E-state index contributed by atoms with van der Waals surface area (Å²) in [6.45, 7) is 3.80. The first-order chi connectivity index (χ1) is 22.3. The summed E-state index contributed by atoms with van der Waals surface area (Å²) in [7, 11) is 1.62. The monoisotopic (exact) mass is 648 g/mol. The normalized spacial score (nSPS) is 11.8. The molecule has 0 aliphatic heterocycles. The Bertz CT molecular complexity index is 1840. The number of anilines is 2. The number of carbonyl (C=O) groups is 3. The number of hydrogen-bond donors (Lipinski definition) is 3. The Morgan fingerprint density at radius 2 is 1.57 bits per heavy atom. The van der Waals surface area contributed by atoms with Gasteiger partial charge in [-0.3, -0.25) is 14.4 Å². The molecule has 0 radical (unpaired) electrons. The highest BCUT2D eigenvalue weighted by Gasteiger charge is 2.18. The van der Waals surface area contributed by atoms with E-state index in [4.69, 9.17) is 4.74 Å². The summed E-state index contributed by atoms with van der Waals surface area (Å²) in [4.78, 5) is 44.5. The average Bonchev–Trinajstić information content (AvgIpc) is 3.55. The summed E-state index contributed by atoms with van der Waals surface area (Å²) >= 11 is 2.76. The molecule has 0 saturated heterocycles. The number of carbonyl (C=O) groups excluding carboxylic acids is 3. The number of benzene rings is 4. The largest absolute Gasteiger partial charge is 0.497 e. The maximum Gasteiger partial charge on any atom is 0.272 e. The SMILES string of the molecule is COc1ccc(-c2csc(NC(=O)C(C)Sc3ccc(NC(=O)/C(=C/c4ccc(C)cc4)NC(=O)c4ccccc4)cc3)n2)cc1. The van der Waals surface area contributed by atoms with Crippen molar-refractivity contribution >= 4 is 57.7 Å². The van der Waals surface area contributed by atoms with E-state index in [9.17, 15) is 14.4 Å². The molecule has 0 aliphatic rings. The lowest BCUT2D eigenvalue weighted by Crippen LogP contribution is -2.30. The van der Waals surface area contributed by atoms with Crippen molar-refractivity contribution in [3.05, 3.63) is 131 Å². The van der Waals surface area contributed by atoms with Crippen LogP contribution < -0.4 is 20.7 Å². The van der Waals surface area contributed by atoms with Crippen molar-refractivity contribution < 1.29 is 19.1 Å². The number of nitrogens with zero attached hydrogens (tertiary/aromatic N) is 1. The lowest BCUT2D eigenvalue weighted by molar-refractivity contribution is -0.115.